The first-order valence-corrected chi connectivity index (χ1v) is 11.9. The highest BCUT2D eigenvalue weighted by atomic mass is 32.2. The highest BCUT2D eigenvalue weighted by Gasteiger charge is 2.25. The molecule has 1 atom stereocenters. The van der Waals surface area contributed by atoms with Gasteiger partial charge in [-0.15, -0.1) is 0 Å². The highest BCUT2D eigenvalue weighted by Crippen LogP contribution is 2.28. The van der Waals surface area contributed by atoms with Crippen LogP contribution in [0.2, 0.25) is 0 Å². The molecule has 4 rings (SSSR count). The topological polar surface area (TPSA) is 92.3 Å². The van der Waals surface area contributed by atoms with Gasteiger partial charge >= 0.3 is 0 Å². The number of nitrogens with one attached hydrogen (secondary N) is 1. The predicted molar refractivity (Wildman–Crippen MR) is 122 cm³/mol. The molecule has 0 spiro atoms. The Morgan fingerprint density at radius 1 is 1.12 bits per heavy atom. The van der Waals surface area contributed by atoms with Gasteiger partial charge in [0.2, 0.25) is 0 Å². The van der Waals surface area contributed by atoms with Crippen molar-refractivity contribution in [3.05, 3.63) is 83.9 Å². The van der Waals surface area contributed by atoms with Gasteiger partial charge in [-0.3, -0.25) is 9.52 Å². The molecular weight excluding hydrogens is 451 g/mol. The number of benzene rings is 2. The minimum Gasteiger partial charge on any atom is -0.335 e. The van der Waals surface area contributed by atoms with Gasteiger partial charge in [0.05, 0.1) is 33.6 Å². The fourth-order valence-corrected chi connectivity index (χ4v) is 5.19. The molecule has 10 heteroatoms. The molecule has 1 N–H and O–H groups in total. The Morgan fingerprint density at radius 3 is 2.59 bits per heavy atom. The van der Waals surface area contributed by atoms with E-state index in [0.717, 1.165) is 5.56 Å². The molecular formula is C22H19FN4O3S2. The number of anilines is 1. The maximum atomic E-state index is 13.2. The van der Waals surface area contributed by atoms with Gasteiger partial charge < -0.3 is 4.90 Å². The Labute approximate surface area is 188 Å². The molecule has 164 valence electrons. The summed E-state index contributed by atoms with van der Waals surface area (Å²) < 4.78 is 46.6. The smallest absolute Gasteiger partial charge is 0.280 e. The summed E-state index contributed by atoms with van der Waals surface area (Å²) in [6.07, 6.45) is 2.86. The van der Waals surface area contributed by atoms with Crippen molar-refractivity contribution >= 4 is 43.2 Å². The van der Waals surface area contributed by atoms with Gasteiger partial charge in [-0.1, -0.05) is 24.3 Å². The minimum absolute atomic E-state index is 0.137. The second kappa shape index (κ2) is 8.64. The Bertz CT molecular complexity index is 1390. The number of para-hydroxylation sites is 1. The molecule has 0 radical (unpaired) electrons. The van der Waals surface area contributed by atoms with E-state index in [-0.39, 0.29) is 34.0 Å². The maximum absolute atomic E-state index is 13.2. The first-order chi connectivity index (χ1) is 15.3. The molecule has 1 amide bonds. The molecule has 2 aromatic heterocycles. The number of hydrogen-bond acceptors (Lipinski definition) is 6. The molecule has 32 heavy (non-hydrogen) atoms. The van der Waals surface area contributed by atoms with Crippen LogP contribution >= 0.6 is 11.5 Å². The van der Waals surface area contributed by atoms with Gasteiger partial charge in [0.15, 0.2) is 5.03 Å². The van der Waals surface area contributed by atoms with Crippen LogP contribution in [-0.2, 0) is 10.0 Å². The van der Waals surface area contributed by atoms with Crippen LogP contribution in [0.3, 0.4) is 0 Å². The number of nitrogens with zero attached hydrogens (tertiary/aromatic N) is 3. The summed E-state index contributed by atoms with van der Waals surface area (Å²) >= 11 is 1.17. The molecule has 0 bridgehead atoms. The SMILES string of the molecule is CC(c1ccc(F)cc1)N(C)C(=O)c1ccccc1NS(=O)(=O)c1nccc2sncc12. The highest BCUT2D eigenvalue weighted by molar-refractivity contribution is 7.92. The van der Waals surface area contributed by atoms with Gasteiger partial charge in [-0.25, -0.2) is 9.37 Å². The lowest BCUT2D eigenvalue weighted by Gasteiger charge is -2.26. The van der Waals surface area contributed by atoms with Crippen LogP contribution in [0.25, 0.3) is 10.1 Å². The average Bonchev–Trinajstić information content (AvgIpc) is 3.27. The number of amides is 1. The molecule has 1 unspecified atom stereocenters. The fraction of sp³-hybridized carbons (Fsp3) is 0.136. The van der Waals surface area contributed by atoms with Crippen LogP contribution in [-0.4, -0.2) is 35.6 Å². The van der Waals surface area contributed by atoms with E-state index in [1.165, 1.54) is 47.0 Å². The van der Waals surface area contributed by atoms with E-state index in [0.29, 0.717) is 10.1 Å². The molecule has 2 heterocycles. The quantitative estimate of drug-likeness (QED) is 0.449. The molecule has 0 aliphatic rings. The number of sulfonamides is 1. The Kier molecular flexibility index (Phi) is 5.90. The van der Waals surface area contributed by atoms with Crippen LogP contribution in [0.4, 0.5) is 10.1 Å². The van der Waals surface area contributed by atoms with Crippen molar-refractivity contribution in [1.82, 2.24) is 14.3 Å². The second-order valence-corrected chi connectivity index (χ2v) is 9.58. The lowest BCUT2D eigenvalue weighted by atomic mass is 10.1. The third kappa shape index (κ3) is 4.19. The average molecular weight is 471 g/mol. The molecule has 0 fully saturated rings. The number of halogens is 1. The van der Waals surface area contributed by atoms with Crippen molar-refractivity contribution in [3.63, 3.8) is 0 Å². The zero-order chi connectivity index (χ0) is 22.9. The van der Waals surface area contributed by atoms with Crippen molar-refractivity contribution in [2.45, 2.75) is 18.0 Å². The predicted octanol–water partition coefficient (Wildman–Crippen LogP) is 4.46. The number of carbonyl (C=O) groups is 1. The van der Waals surface area contributed by atoms with E-state index in [1.54, 1.807) is 43.4 Å². The van der Waals surface area contributed by atoms with Crippen LogP contribution in [0, 0.1) is 5.82 Å². The van der Waals surface area contributed by atoms with Crippen molar-refractivity contribution in [1.29, 1.82) is 0 Å². The van der Waals surface area contributed by atoms with E-state index >= 15 is 0 Å². The van der Waals surface area contributed by atoms with E-state index in [2.05, 4.69) is 14.1 Å². The Morgan fingerprint density at radius 2 is 1.84 bits per heavy atom. The minimum atomic E-state index is -4.08. The zero-order valence-electron chi connectivity index (χ0n) is 17.2. The second-order valence-electron chi connectivity index (χ2n) is 7.15. The van der Waals surface area contributed by atoms with E-state index < -0.39 is 10.0 Å². The first kappa shape index (κ1) is 21.8. The van der Waals surface area contributed by atoms with E-state index in [1.807, 2.05) is 6.92 Å². The number of carbonyl (C=O) groups excluding carboxylic acids is 1. The number of aromatic nitrogens is 2. The summed E-state index contributed by atoms with van der Waals surface area (Å²) in [4.78, 5) is 18.7. The lowest BCUT2D eigenvalue weighted by Crippen LogP contribution is -2.30. The van der Waals surface area contributed by atoms with Crippen molar-refractivity contribution in [2.24, 2.45) is 0 Å². The van der Waals surface area contributed by atoms with E-state index in [9.17, 15) is 17.6 Å². The van der Waals surface area contributed by atoms with Crippen molar-refractivity contribution < 1.29 is 17.6 Å². The van der Waals surface area contributed by atoms with Gasteiger partial charge in [-0.05, 0) is 54.4 Å². The third-order valence-corrected chi connectivity index (χ3v) is 7.24. The van der Waals surface area contributed by atoms with Gasteiger partial charge in [0, 0.05) is 13.2 Å². The van der Waals surface area contributed by atoms with Gasteiger partial charge in [0.1, 0.15) is 5.82 Å². The van der Waals surface area contributed by atoms with Crippen molar-refractivity contribution in [2.75, 3.05) is 11.8 Å². The Balaban J connectivity index is 1.64. The molecule has 0 saturated carbocycles. The van der Waals surface area contributed by atoms with Crippen molar-refractivity contribution in [3.8, 4) is 0 Å². The van der Waals surface area contributed by atoms with Gasteiger partial charge in [-0.2, -0.15) is 12.8 Å². The molecule has 0 aliphatic carbocycles. The van der Waals surface area contributed by atoms with Crippen LogP contribution in [0.1, 0.15) is 28.9 Å². The number of pyridine rings is 1. The molecule has 2 aromatic carbocycles. The van der Waals surface area contributed by atoms with Gasteiger partial charge in [0.25, 0.3) is 15.9 Å². The normalized spacial score (nSPS) is 12.5. The first-order valence-electron chi connectivity index (χ1n) is 9.62. The summed E-state index contributed by atoms with van der Waals surface area (Å²) in [7, 11) is -2.46. The van der Waals surface area contributed by atoms with Crippen LogP contribution < -0.4 is 4.72 Å². The number of fused-ring (bicyclic) bond motifs is 1. The number of rotatable bonds is 6. The van der Waals surface area contributed by atoms with Crippen LogP contribution in [0.5, 0.6) is 0 Å². The molecule has 7 nitrogen and oxygen atoms in total. The lowest BCUT2D eigenvalue weighted by molar-refractivity contribution is 0.0743. The fourth-order valence-electron chi connectivity index (χ4n) is 3.27. The van der Waals surface area contributed by atoms with Crippen LogP contribution in [0.15, 0.2) is 72.0 Å². The monoisotopic (exact) mass is 470 g/mol. The summed E-state index contributed by atoms with van der Waals surface area (Å²) in [5.74, 6) is -0.748. The number of hydrogen-bond donors (Lipinski definition) is 1. The summed E-state index contributed by atoms with van der Waals surface area (Å²) in [5.41, 5.74) is 1.07. The molecule has 0 aliphatic heterocycles. The summed E-state index contributed by atoms with van der Waals surface area (Å²) in [6, 6.07) is 13.6. The van der Waals surface area contributed by atoms with E-state index in [4.69, 9.17) is 0 Å². The summed E-state index contributed by atoms with van der Waals surface area (Å²) in [6.45, 7) is 1.81. The largest absolute Gasteiger partial charge is 0.335 e. The molecule has 0 saturated heterocycles. The Hall–Kier alpha value is -3.37. The maximum Gasteiger partial charge on any atom is 0.280 e. The molecule has 4 aromatic rings. The summed E-state index contributed by atoms with van der Waals surface area (Å²) in [5, 5.41) is 0.259. The standard InChI is InChI=1S/C22H19FN4O3S2/c1-14(15-7-9-16(23)10-8-15)27(2)22(28)17-5-3-4-6-19(17)26-32(29,30)21-18-13-25-31-20(18)11-12-24-21/h3-14,26H,1-2H3. The third-order valence-electron chi connectivity index (χ3n) is 5.16. The zero-order valence-corrected chi connectivity index (χ0v) is 18.8.